The van der Waals surface area contributed by atoms with Crippen molar-refractivity contribution in [1.29, 1.82) is 0 Å². The fourth-order valence-corrected chi connectivity index (χ4v) is 3.60. The number of aryl methyl sites for hydroxylation is 1. The van der Waals surface area contributed by atoms with Gasteiger partial charge in [-0.25, -0.2) is 4.98 Å². The molecule has 3 N–H and O–H groups in total. The number of hydrogen-bond acceptors (Lipinski definition) is 3. The molecule has 134 valence electrons. The van der Waals surface area contributed by atoms with Gasteiger partial charge in [-0.15, -0.1) is 0 Å². The van der Waals surface area contributed by atoms with Gasteiger partial charge in [0.1, 0.15) is 0 Å². The summed E-state index contributed by atoms with van der Waals surface area (Å²) in [5, 5.41) is 22.1. The van der Waals surface area contributed by atoms with Crippen LogP contribution in [-0.2, 0) is 19.5 Å². The highest BCUT2D eigenvalue weighted by molar-refractivity contribution is 5.96. The molecule has 3 heterocycles. The molecule has 6 nitrogen and oxygen atoms in total. The summed E-state index contributed by atoms with van der Waals surface area (Å²) in [6.07, 6.45) is 8.87. The van der Waals surface area contributed by atoms with E-state index < -0.39 is 0 Å². The second kappa shape index (κ2) is 6.63. The highest BCUT2D eigenvalue weighted by Crippen LogP contribution is 2.43. The molecule has 4 aromatic rings. The van der Waals surface area contributed by atoms with Gasteiger partial charge < -0.3 is 24.3 Å². The minimum absolute atomic E-state index is 0.0181. The number of aromatic nitrogens is 4. The molecule has 0 saturated carbocycles. The molecular weight excluding hydrogens is 328 g/mol. The third-order valence-corrected chi connectivity index (χ3v) is 4.86. The molecule has 0 aliphatic heterocycles. The van der Waals surface area contributed by atoms with Crippen LogP contribution in [0, 0.1) is 0 Å². The smallest absolute Gasteiger partial charge is 0.235 e. The second-order valence-corrected chi connectivity index (χ2v) is 6.41. The Bertz CT molecular complexity index is 1030. The Kier molecular flexibility index (Phi) is 4.16. The van der Waals surface area contributed by atoms with E-state index in [9.17, 15) is 10.2 Å². The second-order valence-electron chi connectivity index (χ2n) is 6.41. The summed E-state index contributed by atoms with van der Waals surface area (Å²) >= 11 is 0. The predicted octanol–water partition coefficient (Wildman–Crippen LogP) is 3.90. The Morgan fingerprint density at radius 1 is 1.15 bits per heavy atom. The van der Waals surface area contributed by atoms with Crippen molar-refractivity contribution in [1.82, 2.24) is 19.1 Å². The molecule has 0 radical (unpaired) electrons. The van der Waals surface area contributed by atoms with E-state index in [1.54, 1.807) is 12.5 Å². The molecule has 26 heavy (non-hydrogen) atoms. The van der Waals surface area contributed by atoms with Crippen LogP contribution >= 0.6 is 0 Å². The van der Waals surface area contributed by atoms with Gasteiger partial charge in [-0.3, -0.25) is 0 Å². The zero-order valence-electron chi connectivity index (χ0n) is 14.7. The summed E-state index contributed by atoms with van der Waals surface area (Å²) in [6, 6.07) is 8.06. The SMILES string of the molecule is CCc1c(O)c(O)n(CCCn2ccnc2)c1-c1c[nH]c2ccccc12. The van der Waals surface area contributed by atoms with E-state index in [-0.39, 0.29) is 11.6 Å². The molecule has 0 unspecified atom stereocenters. The van der Waals surface area contributed by atoms with E-state index >= 15 is 0 Å². The molecule has 0 saturated heterocycles. The minimum atomic E-state index is -0.0623. The molecule has 0 fully saturated rings. The lowest BCUT2D eigenvalue weighted by molar-refractivity contribution is 0.367. The lowest BCUT2D eigenvalue weighted by Gasteiger charge is -2.11. The molecule has 0 bridgehead atoms. The number of H-pyrrole nitrogens is 1. The van der Waals surface area contributed by atoms with Crippen LogP contribution in [-0.4, -0.2) is 29.3 Å². The van der Waals surface area contributed by atoms with Crippen LogP contribution in [0.3, 0.4) is 0 Å². The fraction of sp³-hybridized carbons (Fsp3) is 0.250. The number of imidazole rings is 1. The molecule has 3 aromatic heterocycles. The monoisotopic (exact) mass is 350 g/mol. The number of nitrogens with zero attached hydrogens (tertiary/aromatic N) is 3. The van der Waals surface area contributed by atoms with Crippen LogP contribution in [0.5, 0.6) is 11.6 Å². The average molecular weight is 350 g/mol. The van der Waals surface area contributed by atoms with Crippen LogP contribution in [0.4, 0.5) is 0 Å². The molecule has 1 aromatic carbocycles. The first-order chi connectivity index (χ1) is 12.7. The number of nitrogens with one attached hydrogen (secondary N) is 1. The van der Waals surface area contributed by atoms with Crippen LogP contribution in [0.2, 0.25) is 0 Å². The van der Waals surface area contributed by atoms with Gasteiger partial charge in [0.25, 0.3) is 0 Å². The van der Waals surface area contributed by atoms with Crippen LogP contribution in [0.1, 0.15) is 18.9 Å². The van der Waals surface area contributed by atoms with Gasteiger partial charge in [-0.1, -0.05) is 25.1 Å². The minimum Gasteiger partial charge on any atom is -0.503 e. The van der Waals surface area contributed by atoms with E-state index in [0.29, 0.717) is 13.0 Å². The first-order valence-electron chi connectivity index (χ1n) is 8.86. The molecule has 0 amide bonds. The Balaban J connectivity index is 1.76. The largest absolute Gasteiger partial charge is 0.503 e. The number of fused-ring (bicyclic) bond motifs is 1. The number of rotatable bonds is 6. The topological polar surface area (TPSA) is 79.0 Å². The highest BCUT2D eigenvalue weighted by atomic mass is 16.3. The highest BCUT2D eigenvalue weighted by Gasteiger charge is 2.23. The van der Waals surface area contributed by atoms with Gasteiger partial charge in [0.2, 0.25) is 5.88 Å². The van der Waals surface area contributed by atoms with Crippen molar-refractivity contribution < 1.29 is 10.2 Å². The van der Waals surface area contributed by atoms with E-state index in [4.69, 9.17) is 0 Å². The normalized spacial score (nSPS) is 11.4. The summed E-state index contributed by atoms with van der Waals surface area (Å²) in [5.41, 5.74) is 3.69. The average Bonchev–Trinajstić information content (AvgIpc) is 3.36. The fourth-order valence-electron chi connectivity index (χ4n) is 3.60. The molecule has 6 heteroatoms. The zero-order chi connectivity index (χ0) is 18.1. The first-order valence-corrected chi connectivity index (χ1v) is 8.86. The number of aromatic hydroxyl groups is 2. The van der Waals surface area contributed by atoms with Gasteiger partial charge in [-0.2, -0.15) is 0 Å². The molecule has 4 rings (SSSR count). The Hall–Kier alpha value is -3.15. The van der Waals surface area contributed by atoms with Gasteiger partial charge in [0.15, 0.2) is 5.75 Å². The van der Waals surface area contributed by atoms with Gasteiger partial charge >= 0.3 is 0 Å². The summed E-state index contributed by atoms with van der Waals surface area (Å²) in [7, 11) is 0. The zero-order valence-corrected chi connectivity index (χ0v) is 14.7. The lowest BCUT2D eigenvalue weighted by atomic mass is 10.0. The van der Waals surface area contributed by atoms with Crippen molar-refractivity contribution in [3.05, 3.63) is 54.7 Å². The summed E-state index contributed by atoms with van der Waals surface area (Å²) < 4.78 is 3.83. The van der Waals surface area contributed by atoms with Crippen molar-refractivity contribution in [3.8, 4) is 22.9 Å². The summed E-state index contributed by atoms with van der Waals surface area (Å²) in [4.78, 5) is 7.34. The summed E-state index contributed by atoms with van der Waals surface area (Å²) in [6.45, 7) is 3.39. The molecular formula is C20H22N4O2. The Morgan fingerprint density at radius 3 is 2.77 bits per heavy atom. The van der Waals surface area contributed by atoms with Crippen LogP contribution in [0.25, 0.3) is 22.2 Å². The molecule has 0 aliphatic carbocycles. The Labute approximate surface area is 151 Å². The van der Waals surface area contributed by atoms with E-state index in [1.165, 1.54) is 0 Å². The first kappa shape index (κ1) is 16.3. The summed E-state index contributed by atoms with van der Waals surface area (Å²) in [5.74, 6) is -0.0804. The Morgan fingerprint density at radius 2 is 2.00 bits per heavy atom. The van der Waals surface area contributed by atoms with Crippen molar-refractivity contribution in [2.75, 3.05) is 0 Å². The lowest BCUT2D eigenvalue weighted by Crippen LogP contribution is -2.04. The third kappa shape index (κ3) is 2.63. The predicted molar refractivity (Wildman–Crippen MR) is 101 cm³/mol. The maximum absolute atomic E-state index is 10.5. The van der Waals surface area contributed by atoms with Gasteiger partial charge in [0, 0.05) is 53.7 Å². The van der Waals surface area contributed by atoms with Crippen LogP contribution < -0.4 is 0 Å². The number of aromatic amines is 1. The molecule has 0 aliphatic rings. The van der Waals surface area contributed by atoms with Crippen molar-refractivity contribution >= 4 is 10.9 Å². The van der Waals surface area contributed by atoms with Crippen molar-refractivity contribution in [3.63, 3.8) is 0 Å². The quantitative estimate of drug-likeness (QED) is 0.493. The maximum atomic E-state index is 10.5. The molecule has 0 spiro atoms. The van der Waals surface area contributed by atoms with E-state index in [2.05, 4.69) is 16.0 Å². The number of hydrogen-bond donors (Lipinski definition) is 3. The number of para-hydroxylation sites is 1. The molecule has 0 atom stereocenters. The van der Waals surface area contributed by atoms with E-state index in [1.807, 2.05) is 46.7 Å². The van der Waals surface area contributed by atoms with Crippen molar-refractivity contribution in [2.24, 2.45) is 0 Å². The number of benzene rings is 1. The van der Waals surface area contributed by atoms with Crippen LogP contribution in [0.15, 0.2) is 49.2 Å². The van der Waals surface area contributed by atoms with Gasteiger partial charge in [0.05, 0.1) is 12.0 Å². The van der Waals surface area contributed by atoms with E-state index in [0.717, 1.165) is 40.7 Å². The van der Waals surface area contributed by atoms with Crippen molar-refractivity contribution in [2.45, 2.75) is 32.9 Å². The standard InChI is InChI=1S/C20H22N4O2/c1-2-14-18(16-12-22-17-7-4-3-6-15(16)17)24(20(26)19(14)25)10-5-9-23-11-8-21-13-23/h3-4,6-8,11-13,22,25-26H,2,5,9-10H2,1H3. The third-order valence-electron chi connectivity index (χ3n) is 4.86. The maximum Gasteiger partial charge on any atom is 0.235 e. The van der Waals surface area contributed by atoms with Gasteiger partial charge in [-0.05, 0) is 18.9 Å².